The van der Waals surface area contributed by atoms with Crippen LogP contribution < -0.4 is 10.6 Å². The standard InChI is InChI=1S/C20H23N3OS.HI/c1-16(17-7-3-2-4-8-17)23-20(22-15-19-10-6-14-25-19)21-12-11-18-9-5-13-24-18;/h2-10,13-14,16H,11-12,15H2,1H3,(H2,21,22,23);1H. The molecule has 0 amide bonds. The molecule has 2 heterocycles. The number of hydrogen-bond donors (Lipinski definition) is 2. The van der Waals surface area contributed by atoms with Crippen molar-refractivity contribution in [3.63, 3.8) is 0 Å². The number of guanidine groups is 1. The van der Waals surface area contributed by atoms with Gasteiger partial charge in [0.2, 0.25) is 0 Å². The van der Waals surface area contributed by atoms with E-state index >= 15 is 0 Å². The molecule has 3 rings (SSSR count). The maximum Gasteiger partial charge on any atom is 0.192 e. The number of nitrogens with zero attached hydrogens (tertiary/aromatic N) is 1. The monoisotopic (exact) mass is 481 g/mol. The van der Waals surface area contributed by atoms with Gasteiger partial charge in [-0.3, -0.25) is 0 Å². The van der Waals surface area contributed by atoms with Gasteiger partial charge in [0, 0.05) is 17.8 Å². The molecule has 6 heteroatoms. The van der Waals surface area contributed by atoms with Crippen LogP contribution in [0.4, 0.5) is 0 Å². The molecule has 26 heavy (non-hydrogen) atoms. The van der Waals surface area contributed by atoms with Gasteiger partial charge in [0.1, 0.15) is 5.76 Å². The topological polar surface area (TPSA) is 49.6 Å². The number of thiophene rings is 1. The van der Waals surface area contributed by atoms with Crippen LogP contribution in [-0.4, -0.2) is 12.5 Å². The summed E-state index contributed by atoms with van der Waals surface area (Å²) in [6, 6.07) is 18.6. The molecule has 0 aliphatic heterocycles. The number of hydrogen-bond acceptors (Lipinski definition) is 3. The van der Waals surface area contributed by atoms with Crippen LogP contribution in [0.5, 0.6) is 0 Å². The summed E-state index contributed by atoms with van der Waals surface area (Å²) in [5.74, 6) is 1.79. The zero-order valence-corrected chi connectivity index (χ0v) is 17.9. The van der Waals surface area contributed by atoms with Crippen molar-refractivity contribution < 1.29 is 4.42 Å². The van der Waals surface area contributed by atoms with E-state index in [1.807, 2.05) is 18.2 Å². The highest BCUT2D eigenvalue weighted by molar-refractivity contribution is 14.0. The van der Waals surface area contributed by atoms with Crippen molar-refractivity contribution >= 4 is 41.3 Å². The van der Waals surface area contributed by atoms with Crippen molar-refractivity contribution in [2.24, 2.45) is 4.99 Å². The highest BCUT2D eigenvalue weighted by Gasteiger charge is 2.08. The molecule has 2 N–H and O–H groups in total. The fourth-order valence-corrected chi connectivity index (χ4v) is 3.13. The minimum atomic E-state index is 0. The Morgan fingerprint density at radius 1 is 1.12 bits per heavy atom. The molecule has 1 atom stereocenters. The van der Waals surface area contributed by atoms with Crippen molar-refractivity contribution in [1.29, 1.82) is 0 Å². The first kappa shape index (κ1) is 20.5. The Morgan fingerprint density at radius 2 is 1.96 bits per heavy atom. The lowest BCUT2D eigenvalue weighted by Crippen LogP contribution is -2.39. The number of benzene rings is 1. The molecule has 4 nitrogen and oxygen atoms in total. The summed E-state index contributed by atoms with van der Waals surface area (Å²) >= 11 is 1.72. The first-order valence-electron chi connectivity index (χ1n) is 8.46. The third kappa shape index (κ3) is 6.49. The number of aliphatic imine (C=N–C) groups is 1. The molecule has 0 radical (unpaired) electrons. The van der Waals surface area contributed by atoms with Gasteiger partial charge in [-0.05, 0) is 36.1 Å². The average molecular weight is 481 g/mol. The van der Waals surface area contributed by atoms with Gasteiger partial charge in [0.15, 0.2) is 5.96 Å². The molecule has 138 valence electrons. The summed E-state index contributed by atoms with van der Waals surface area (Å²) in [7, 11) is 0. The van der Waals surface area contributed by atoms with Crippen molar-refractivity contribution in [2.75, 3.05) is 6.54 Å². The first-order valence-corrected chi connectivity index (χ1v) is 9.34. The Kier molecular flexibility index (Phi) is 8.70. The number of rotatable bonds is 7. The SMILES string of the molecule is CC(NC(=NCc1cccs1)NCCc1ccco1)c1ccccc1.I. The Morgan fingerprint density at radius 3 is 2.65 bits per heavy atom. The molecular weight excluding hydrogens is 457 g/mol. The van der Waals surface area contributed by atoms with Crippen LogP contribution >= 0.6 is 35.3 Å². The van der Waals surface area contributed by atoms with Crippen LogP contribution in [0.25, 0.3) is 0 Å². The molecule has 1 unspecified atom stereocenters. The van der Waals surface area contributed by atoms with E-state index in [9.17, 15) is 0 Å². The quantitative estimate of drug-likeness (QED) is 0.284. The Hall–Kier alpha value is -1.80. The van der Waals surface area contributed by atoms with E-state index in [2.05, 4.69) is 59.3 Å². The van der Waals surface area contributed by atoms with Gasteiger partial charge >= 0.3 is 0 Å². The summed E-state index contributed by atoms with van der Waals surface area (Å²) in [5.41, 5.74) is 1.24. The number of halogens is 1. The van der Waals surface area contributed by atoms with Crippen LogP contribution in [0.15, 0.2) is 75.7 Å². The van der Waals surface area contributed by atoms with Crippen molar-refractivity contribution in [1.82, 2.24) is 10.6 Å². The third-order valence-corrected chi connectivity index (χ3v) is 4.73. The van der Waals surface area contributed by atoms with Gasteiger partial charge < -0.3 is 15.1 Å². The van der Waals surface area contributed by atoms with E-state index < -0.39 is 0 Å². The maximum atomic E-state index is 5.39. The zero-order valence-electron chi connectivity index (χ0n) is 14.7. The largest absolute Gasteiger partial charge is 0.469 e. The molecule has 2 aromatic heterocycles. The molecule has 1 aromatic carbocycles. The summed E-state index contributed by atoms with van der Waals surface area (Å²) in [6.45, 7) is 3.59. The summed E-state index contributed by atoms with van der Waals surface area (Å²) < 4.78 is 5.39. The van der Waals surface area contributed by atoms with Crippen molar-refractivity contribution in [3.8, 4) is 0 Å². The van der Waals surface area contributed by atoms with Crippen LogP contribution in [0.2, 0.25) is 0 Å². The summed E-state index contributed by atoms with van der Waals surface area (Å²) in [6.07, 6.45) is 2.53. The third-order valence-electron chi connectivity index (χ3n) is 3.87. The van der Waals surface area contributed by atoms with Gasteiger partial charge in [-0.15, -0.1) is 35.3 Å². The molecule has 0 saturated heterocycles. The minimum Gasteiger partial charge on any atom is -0.469 e. The highest BCUT2D eigenvalue weighted by Crippen LogP contribution is 2.12. The van der Waals surface area contributed by atoms with Crippen molar-refractivity contribution in [2.45, 2.75) is 25.9 Å². The van der Waals surface area contributed by atoms with Gasteiger partial charge in [-0.25, -0.2) is 4.99 Å². The fraction of sp³-hybridized carbons (Fsp3) is 0.250. The first-order chi connectivity index (χ1) is 12.3. The summed E-state index contributed by atoms with van der Waals surface area (Å²) in [5, 5.41) is 8.97. The van der Waals surface area contributed by atoms with Crippen molar-refractivity contribution in [3.05, 3.63) is 82.4 Å². The number of nitrogens with one attached hydrogen (secondary N) is 2. The zero-order chi connectivity index (χ0) is 17.3. The molecule has 0 fully saturated rings. The van der Waals surface area contributed by atoms with Gasteiger partial charge in [0.05, 0.1) is 18.8 Å². The Balaban J connectivity index is 0.00000243. The molecule has 0 bridgehead atoms. The van der Waals surface area contributed by atoms with Gasteiger partial charge in [0.25, 0.3) is 0 Å². The molecule has 0 aliphatic carbocycles. The minimum absolute atomic E-state index is 0. The van der Waals surface area contributed by atoms with Gasteiger partial charge in [-0.1, -0.05) is 36.4 Å². The maximum absolute atomic E-state index is 5.39. The normalized spacial score (nSPS) is 12.3. The van der Waals surface area contributed by atoms with Crippen LogP contribution in [0.3, 0.4) is 0 Å². The fourth-order valence-electron chi connectivity index (χ4n) is 2.50. The van der Waals surface area contributed by atoms with E-state index in [1.165, 1.54) is 10.4 Å². The molecule has 0 saturated carbocycles. The van der Waals surface area contributed by atoms with Gasteiger partial charge in [-0.2, -0.15) is 0 Å². The average Bonchev–Trinajstić information content (AvgIpc) is 3.34. The molecule has 0 spiro atoms. The smallest absolute Gasteiger partial charge is 0.192 e. The van der Waals surface area contributed by atoms with E-state index in [-0.39, 0.29) is 30.0 Å². The highest BCUT2D eigenvalue weighted by atomic mass is 127. The van der Waals surface area contributed by atoms with Crippen LogP contribution in [0, 0.1) is 0 Å². The molecule has 0 aliphatic rings. The molecular formula is C20H24IN3OS. The second kappa shape index (κ2) is 11.0. The lowest BCUT2D eigenvalue weighted by molar-refractivity contribution is 0.506. The molecule has 3 aromatic rings. The lowest BCUT2D eigenvalue weighted by atomic mass is 10.1. The predicted octanol–water partition coefficient (Wildman–Crippen LogP) is 5.00. The Bertz CT molecular complexity index is 758. The van der Waals surface area contributed by atoms with E-state index in [4.69, 9.17) is 9.41 Å². The van der Waals surface area contributed by atoms with Crippen LogP contribution in [-0.2, 0) is 13.0 Å². The second-order valence-corrected chi connectivity index (χ2v) is 6.81. The van der Waals surface area contributed by atoms with E-state index in [0.29, 0.717) is 6.54 Å². The predicted molar refractivity (Wildman–Crippen MR) is 119 cm³/mol. The lowest BCUT2D eigenvalue weighted by Gasteiger charge is -2.18. The Labute approximate surface area is 175 Å². The summed E-state index contributed by atoms with van der Waals surface area (Å²) in [4.78, 5) is 5.97. The van der Waals surface area contributed by atoms with E-state index in [0.717, 1.165) is 24.7 Å². The van der Waals surface area contributed by atoms with Crippen LogP contribution in [0.1, 0.15) is 29.2 Å². The second-order valence-electron chi connectivity index (χ2n) is 5.78. The number of furan rings is 1. The van der Waals surface area contributed by atoms with E-state index in [1.54, 1.807) is 17.6 Å².